The van der Waals surface area contributed by atoms with Gasteiger partial charge >= 0.3 is 0 Å². The molecule has 2 aromatic carbocycles. The number of hydrogen-bond acceptors (Lipinski definition) is 7. The molecule has 2 atom stereocenters. The predicted molar refractivity (Wildman–Crippen MR) is 165 cm³/mol. The highest BCUT2D eigenvalue weighted by molar-refractivity contribution is 6.74. The monoisotopic (exact) mass is 573 g/mol. The van der Waals surface area contributed by atoms with Gasteiger partial charge in [-0.1, -0.05) is 56.3 Å². The molecule has 3 heterocycles. The Labute approximate surface area is 245 Å². The zero-order valence-electron chi connectivity index (χ0n) is 25.2. The zero-order valence-corrected chi connectivity index (χ0v) is 26.2. The van der Waals surface area contributed by atoms with Crippen molar-refractivity contribution in [3.8, 4) is 11.5 Å². The van der Waals surface area contributed by atoms with Crippen LogP contribution in [0.4, 0.5) is 0 Å². The van der Waals surface area contributed by atoms with Crippen molar-refractivity contribution >= 4 is 14.0 Å². The molecule has 0 bridgehead atoms. The first-order chi connectivity index (χ1) is 19.6. The van der Waals surface area contributed by atoms with Gasteiger partial charge in [0.05, 0.1) is 31.0 Å². The summed E-state index contributed by atoms with van der Waals surface area (Å²) in [5.74, 6) is 1.41. The molecule has 7 nitrogen and oxygen atoms in total. The van der Waals surface area contributed by atoms with Crippen molar-refractivity contribution in [2.24, 2.45) is 5.16 Å². The van der Waals surface area contributed by atoms with Gasteiger partial charge in [-0.2, -0.15) is 0 Å². The number of oxime groups is 1. The van der Waals surface area contributed by atoms with Gasteiger partial charge in [-0.3, -0.25) is 9.88 Å². The molecule has 0 saturated carbocycles. The first kappa shape index (κ1) is 29.3. The molecular formula is C33H43N3O4Si. The standard InChI is InChI=1S/C33H43N3O4Si/c1-33(2,3)41(5,6)40-22-24-12-14-34-28(16-24)27-20-36-15-13-25-17-32(39-21-23-10-8-7-9-11-23)31(38-4)18-26(25)30(36)19-29(27)35-37/h7-12,14,16-18,27,30,37H,13,15,19-22H2,1-6H3/b35-29-/t27-,30+/m0/s1. The van der Waals surface area contributed by atoms with Crippen molar-refractivity contribution in [2.75, 3.05) is 20.2 Å². The van der Waals surface area contributed by atoms with Crippen LogP contribution in [0.3, 0.4) is 0 Å². The Kier molecular flexibility index (Phi) is 8.54. The summed E-state index contributed by atoms with van der Waals surface area (Å²) >= 11 is 0. The highest BCUT2D eigenvalue weighted by Crippen LogP contribution is 2.44. The van der Waals surface area contributed by atoms with Crippen LogP contribution >= 0.6 is 0 Å². The summed E-state index contributed by atoms with van der Waals surface area (Å²) in [7, 11) is -0.185. The summed E-state index contributed by atoms with van der Waals surface area (Å²) in [5.41, 5.74) is 6.39. The van der Waals surface area contributed by atoms with E-state index in [0.29, 0.717) is 19.6 Å². The molecule has 1 N–H and O–H groups in total. The summed E-state index contributed by atoms with van der Waals surface area (Å²) < 4.78 is 18.4. The van der Waals surface area contributed by atoms with Gasteiger partial charge in [0.15, 0.2) is 19.8 Å². The second-order valence-corrected chi connectivity index (χ2v) is 17.5. The molecule has 1 saturated heterocycles. The Morgan fingerprint density at radius 2 is 1.80 bits per heavy atom. The second-order valence-electron chi connectivity index (χ2n) is 12.7. The van der Waals surface area contributed by atoms with Gasteiger partial charge < -0.3 is 19.1 Å². The fourth-order valence-electron chi connectivity index (χ4n) is 5.54. The average Bonchev–Trinajstić information content (AvgIpc) is 2.97. The Bertz CT molecular complexity index is 1390. The highest BCUT2D eigenvalue weighted by atomic mass is 28.4. The average molecular weight is 574 g/mol. The van der Waals surface area contributed by atoms with Crippen molar-refractivity contribution in [1.82, 2.24) is 9.88 Å². The summed E-state index contributed by atoms with van der Waals surface area (Å²) in [5, 5.41) is 14.1. The zero-order chi connectivity index (χ0) is 29.2. The second kappa shape index (κ2) is 12.0. The van der Waals surface area contributed by atoms with Gasteiger partial charge in [0.1, 0.15) is 6.61 Å². The molecule has 1 aromatic heterocycles. The largest absolute Gasteiger partial charge is 0.493 e. The van der Waals surface area contributed by atoms with Gasteiger partial charge in [0, 0.05) is 31.7 Å². The molecule has 0 spiro atoms. The number of rotatable bonds is 8. The molecule has 0 radical (unpaired) electrons. The first-order valence-electron chi connectivity index (χ1n) is 14.5. The molecule has 8 heteroatoms. The van der Waals surface area contributed by atoms with Crippen LogP contribution < -0.4 is 9.47 Å². The molecule has 0 unspecified atom stereocenters. The third-order valence-corrected chi connectivity index (χ3v) is 13.6. The van der Waals surface area contributed by atoms with E-state index in [0.717, 1.165) is 53.5 Å². The summed E-state index contributed by atoms with van der Waals surface area (Å²) in [6.45, 7) is 14.0. The lowest BCUT2D eigenvalue weighted by Crippen LogP contribution is -2.45. The number of fused-ring (bicyclic) bond motifs is 3. The van der Waals surface area contributed by atoms with Crippen LogP contribution in [-0.2, 0) is 24.1 Å². The third kappa shape index (κ3) is 6.35. The Morgan fingerprint density at radius 3 is 2.51 bits per heavy atom. The van der Waals surface area contributed by atoms with Crippen molar-refractivity contribution in [2.45, 2.75) is 76.9 Å². The Hall–Kier alpha value is -3.20. The van der Waals surface area contributed by atoms with E-state index >= 15 is 0 Å². The highest BCUT2D eigenvalue weighted by Gasteiger charge is 2.40. The Morgan fingerprint density at radius 1 is 1.02 bits per heavy atom. The van der Waals surface area contributed by atoms with Gasteiger partial charge in [-0.25, -0.2) is 0 Å². The SMILES string of the molecule is COc1cc2c(cc1OCc1ccccc1)CCN1C[C@@H](c3cc(CO[Si](C)(C)C(C)(C)C)ccn3)/C(=N\O)C[C@H]21. The van der Waals surface area contributed by atoms with Crippen molar-refractivity contribution in [3.63, 3.8) is 0 Å². The number of benzene rings is 2. The molecule has 3 aromatic rings. The van der Waals surface area contributed by atoms with Gasteiger partial charge in [-0.05, 0) is 71.1 Å². The van der Waals surface area contributed by atoms with Gasteiger partial charge in [-0.15, -0.1) is 0 Å². The number of nitrogens with zero attached hydrogens (tertiary/aromatic N) is 3. The van der Waals surface area contributed by atoms with Crippen molar-refractivity contribution in [1.29, 1.82) is 0 Å². The van der Waals surface area contributed by atoms with E-state index in [1.807, 2.05) is 30.5 Å². The van der Waals surface area contributed by atoms with E-state index < -0.39 is 8.32 Å². The van der Waals surface area contributed by atoms with Crippen LogP contribution in [0.25, 0.3) is 0 Å². The topological polar surface area (TPSA) is 76.4 Å². The third-order valence-electron chi connectivity index (χ3n) is 9.09. The molecule has 0 aliphatic carbocycles. The maximum absolute atomic E-state index is 10.1. The van der Waals surface area contributed by atoms with E-state index in [-0.39, 0.29) is 17.0 Å². The Balaban J connectivity index is 1.33. The molecule has 41 heavy (non-hydrogen) atoms. The molecule has 0 amide bonds. The smallest absolute Gasteiger partial charge is 0.192 e. The summed E-state index contributed by atoms with van der Waals surface area (Å²) in [6.07, 6.45) is 3.41. The number of aromatic nitrogens is 1. The molecule has 5 rings (SSSR count). The van der Waals surface area contributed by atoms with E-state index in [1.54, 1.807) is 7.11 Å². The van der Waals surface area contributed by atoms with Crippen molar-refractivity contribution < 1.29 is 19.1 Å². The van der Waals surface area contributed by atoms with Gasteiger partial charge in [0.2, 0.25) is 0 Å². The lowest BCUT2D eigenvalue weighted by Gasteiger charge is -2.43. The number of ether oxygens (including phenoxy) is 2. The van der Waals surface area contributed by atoms with Crippen LogP contribution in [-0.4, -0.2) is 49.3 Å². The lowest BCUT2D eigenvalue weighted by atomic mass is 9.80. The molecule has 1 fully saturated rings. The van der Waals surface area contributed by atoms with E-state index in [9.17, 15) is 5.21 Å². The van der Waals surface area contributed by atoms with E-state index in [2.05, 4.69) is 74.3 Å². The maximum atomic E-state index is 10.1. The fourth-order valence-corrected chi connectivity index (χ4v) is 6.50. The minimum absolute atomic E-state index is 0.0685. The van der Waals surface area contributed by atoms with Crippen LogP contribution in [0.15, 0.2) is 65.9 Å². The number of piperidine rings is 1. The van der Waals surface area contributed by atoms with Gasteiger partial charge in [0.25, 0.3) is 0 Å². The minimum Gasteiger partial charge on any atom is -0.493 e. The number of hydrogen-bond donors (Lipinski definition) is 1. The number of methoxy groups -OCH3 is 1. The van der Waals surface area contributed by atoms with E-state index in [4.69, 9.17) is 18.9 Å². The van der Waals surface area contributed by atoms with Crippen LogP contribution in [0.1, 0.15) is 67.1 Å². The van der Waals surface area contributed by atoms with E-state index in [1.165, 1.54) is 11.1 Å². The lowest BCUT2D eigenvalue weighted by molar-refractivity contribution is 0.165. The fraction of sp³-hybridized carbons (Fsp3) is 0.455. The molecule has 218 valence electrons. The first-order valence-corrected chi connectivity index (χ1v) is 17.4. The normalized spacial score (nSPS) is 20.4. The molecular weight excluding hydrogens is 530 g/mol. The van der Waals surface area contributed by atoms with Crippen LogP contribution in [0.2, 0.25) is 18.1 Å². The quantitative estimate of drug-likeness (QED) is 0.176. The minimum atomic E-state index is -1.87. The van der Waals surface area contributed by atoms with Crippen LogP contribution in [0, 0.1) is 0 Å². The predicted octanol–water partition coefficient (Wildman–Crippen LogP) is 7.11. The number of pyridine rings is 1. The summed E-state index contributed by atoms with van der Waals surface area (Å²) in [4.78, 5) is 7.21. The van der Waals surface area contributed by atoms with Crippen molar-refractivity contribution in [3.05, 3.63) is 88.7 Å². The maximum Gasteiger partial charge on any atom is 0.192 e. The molecule has 2 aliphatic rings. The molecule has 2 aliphatic heterocycles. The summed E-state index contributed by atoms with van der Waals surface area (Å²) in [6, 6.07) is 18.7. The van der Waals surface area contributed by atoms with Crippen LogP contribution in [0.5, 0.6) is 11.5 Å².